The van der Waals surface area contributed by atoms with Gasteiger partial charge in [-0.3, -0.25) is 4.79 Å². The first-order chi connectivity index (χ1) is 10.2. The number of aryl methyl sites for hydroxylation is 1. The van der Waals surface area contributed by atoms with Crippen LogP contribution in [0.15, 0.2) is 28.7 Å². The van der Waals surface area contributed by atoms with Crippen LogP contribution < -0.4 is 5.32 Å². The highest BCUT2D eigenvalue weighted by molar-refractivity contribution is 5.96. The molecule has 3 rings (SSSR count). The summed E-state index contributed by atoms with van der Waals surface area (Å²) in [5.41, 5.74) is 1.96. The molecule has 1 aromatic heterocycles. The van der Waals surface area contributed by atoms with Crippen LogP contribution in [0.5, 0.6) is 0 Å². The molecule has 4 heteroatoms. The summed E-state index contributed by atoms with van der Waals surface area (Å²) in [6, 6.07) is 8.18. The van der Waals surface area contributed by atoms with Gasteiger partial charge in [-0.1, -0.05) is 11.6 Å². The summed E-state index contributed by atoms with van der Waals surface area (Å²) in [6.45, 7) is 6.76. The van der Waals surface area contributed by atoms with Crippen LogP contribution in [0.2, 0.25) is 0 Å². The molecule has 0 radical (unpaired) electrons. The normalized spacial score (nSPS) is 16.3. The summed E-state index contributed by atoms with van der Waals surface area (Å²) < 4.78 is 5.75. The average Bonchev–Trinajstić information content (AvgIpc) is 2.92. The minimum Gasteiger partial charge on any atom is -0.451 e. The van der Waals surface area contributed by atoms with E-state index in [0.29, 0.717) is 11.8 Å². The second kappa shape index (κ2) is 5.90. The summed E-state index contributed by atoms with van der Waals surface area (Å²) in [4.78, 5) is 14.7. The van der Waals surface area contributed by atoms with E-state index in [1.165, 1.54) is 5.56 Å². The number of benzene rings is 1. The number of amides is 1. The van der Waals surface area contributed by atoms with Gasteiger partial charge in [-0.05, 0) is 58.0 Å². The predicted molar refractivity (Wildman–Crippen MR) is 83.6 cm³/mol. The van der Waals surface area contributed by atoms with Crippen LogP contribution in [0.3, 0.4) is 0 Å². The summed E-state index contributed by atoms with van der Waals surface area (Å²) in [7, 11) is 0. The first kappa shape index (κ1) is 14.1. The van der Waals surface area contributed by atoms with Gasteiger partial charge in [0.05, 0.1) is 0 Å². The molecule has 0 atom stereocenters. The van der Waals surface area contributed by atoms with Crippen molar-refractivity contribution in [2.45, 2.75) is 32.7 Å². The Morgan fingerprint density at radius 2 is 2.10 bits per heavy atom. The number of furan rings is 1. The van der Waals surface area contributed by atoms with Crippen molar-refractivity contribution in [2.75, 3.05) is 19.6 Å². The second-order valence-corrected chi connectivity index (χ2v) is 5.72. The number of nitrogens with one attached hydrogen (secondary N) is 1. The van der Waals surface area contributed by atoms with E-state index in [4.69, 9.17) is 4.42 Å². The van der Waals surface area contributed by atoms with Crippen molar-refractivity contribution in [3.8, 4) is 0 Å². The third-order valence-electron chi connectivity index (χ3n) is 4.23. The SMILES string of the molecule is CCN(C(=O)c1cc2cc(C)ccc2o1)C1CCNCC1. The average molecular weight is 286 g/mol. The van der Waals surface area contributed by atoms with Crippen LogP contribution in [0.25, 0.3) is 11.0 Å². The van der Waals surface area contributed by atoms with E-state index in [1.54, 1.807) is 0 Å². The first-order valence-electron chi connectivity index (χ1n) is 7.71. The highest BCUT2D eigenvalue weighted by Crippen LogP contribution is 2.23. The van der Waals surface area contributed by atoms with Gasteiger partial charge in [0.2, 0.25) is 0 Å². The molecular formula is C17H22N2O2. The topological polar surface area (TPSA) is 45.5 Å². The van der Waals surface area contributed by atoms with Gasteiger partial charge in [0.1, 0.15) is 5.58 Å². The Kier molecular flexibility index (Phi) is 3.97. The smallest absolute Gasteiger partial charge is 0.289 e. The molecule has 112 valence electrons. The second-order valence-electron chi connectivity index (χ2n) is 5.72. The number of carbonyl (C=O) groups excluding carboxylic acids is 1. The Balaban J connectivity index is 1.86. The molecule has 1 fully saturated rings. The van der Waals surface area contributed by atoms with Crippen LogP contribution >= 0.6 is 0 Å². The number of nitrogens with zero attached hydrogens (tertiary/aromatic N) is 1. The fourth-order valence-corrected chi connectivity index (χ4v) is 3.10. The van der Waals surface area contributed by atoms with Crippen molar-refractivity contribution in [3.63, 3.8) is 0 Å². The standard InChI is InChI=1S/C17H22N2O2/c1-3-19(14-6-8-18-9-7-14)17(20)16-11-13-10-12(2)4-5-15(13)21-16/h4-5,10-11,14,18H,3,6-9H2,1-2H3. The summed E-state index contributed by atoms with van der Waals surface area (Å²) in [5.74, 6) is 0.467. The van der Waals surface area contributed by atoms with E-state index in [2.05, 4.69) is 11.4 Å². The molecule has 1 N–H and O–H groups in total. The number of carbonyl (C=O) groups is 1. The monoisotopic (exact) mass is 286 g/mol. The molecule has 0 saturated carbocycles. The molecule has 4 nitrogen and oxygen atoms in total. The van der Waals surface area contributed by atoms with Gasteiger partial charge in [0.15, 0.2) is 5.76 Å². The summed E-state index contributed by atoms with van der Waals surface area (Å²) in [5, 5.41) is 4.34. The molecular weight excluding hydrogens is 264 g/mol. The zero-order valence-corrected chi connectivity index (χ0v) is 12.7. The van der Waals surface area contributed by atoms with E-state index < -0.39 is 0 Å². The van der Waals surface area contributed by atoms with Crippen molar-refractivity contribution in [1.82, 2.24) is 10.2 Å². The number of hydrogen-bond donors (Lipinski definition) is 1. The quantitative estimate of drug-likeness (QED) is 0.943. The lowest BCUT2D eigenvalue weighted by atomic mass is 10.0. The molecule has 0 bridgehead atoms. The number of fused-ring (bicyclic) bond motifs is 1. The molecule has 2 heterocycles. The fraction of sp³-hybridized carbons (Fsp3) is 0.471. The zero-order valence-electron chi connectivity index (χ0n) is 12.7. The number of hydrogen-bond acceptors (Lipinski definition) is 3. The molecule has 2 aromatic rings. The van der Waals surface area contributed by atoms with Crippen molar-refractivity contribution >= 4 is 16.9 Å². The molecule has 21 heavy (non-hydrogen) atoms. The van der Waals surface area contributed by atoms with E-state index in [-0.39, 0.29) is 5.91 Å². The van der Waals surface area contributed by atoms with Crippen LogP contribution in [0.1, 0.15) is 35.9 Å². The van der Waals surface area contributed by atoms with Gasteiger partial charge in [-0.15, -0.1) is 0 Å². The highest BCUT2D eigenvalue weighted by atomic mass is 16.3. The van der Waals surface area contributed by atoms with Crippen LogP contribution in [0, 0.1) is 6.92 Å². The Morgan fingerprint density at radius 1 is 1.33 bits per heavy atom. The van der Waals surface area contributed by atoms with E-state index in [0.717, 1.165) is 43.4 Å². The Labute approximate surface area is 125 Å². The lowest BCUT2D eigenvalue weighted by molar-refractivity contribution is 0.0626. The van der Waals surface area contributed by atoms with Crippen molar-refractivity contribution < 1.29 is 9.21 Å². The molecule has 1 amide bonds. The van der Waals surface area contributed by atoms with Crippen molar-refractivity contribution in [3.05, 3.63) is 35.6 Å². The van der Waals surface area contributed by atoms with Crippen LogP contribution in [-0.4, -0.2) is 36.5 Å². The number of piperidine rings is 1. The molecule has 0 spiro atoms. The van der Waals surface area contributed by atoms with Crippen LogP contribution in [0.4, 0.5) is 0 Å². The third-order valence-corrected chi connectivity index (χ3v) is 4.23. The van der Waals surface area contributed by atoms with E-state index >= 15 is 0 Å². The molecule has 0 unspecified atom stereocenters. The molecule has 1 aliphatic heterocycles. The first-order valence-corrected chi connectivity index (χ1v) is 7.71. The lowest BCUT2D eigenvalue weighted by Gasteiger charge is -2.33. The summed E-state index contributed by atoms with van der Waals surface area (Å²) in [6.07, 6.45) is 2.03. The molecule has 1 saturated heterocycles. The number of rotatable bonds is 3. The minimum atomic E-state index is 0.0123. The largest absolute Gasteiger partial charge is 0.451 e. The predicted octanol–water partition coefficient (Wildman–Crippen LogP) is 2.96. The molecule has 1 aromatic carbocycles. The minimum absolute atomic E-state index is 0.0123. The van der Waals surface area contributed by atoms with Gasteiger partial charge in [-0.2, -0.15) is 0 Å². The maximum absolute atomic E-state index is 12.7. The van der Waals surface area contributed by atoms with Crippen molar-refractivity contribution in [2.24, 2.45) is 0 Å². The Bertz CT molecular complexity index is 641. The highest BCUT2D eigenvalue weighted by Gasteiger charge is 2.26. The molecule has 1 aliphatic rings. The molecule has 0 aliphatic carbocycles. The lowest BCUT2D eigenvalue weighted by Crippen LogP contribution is -2.45. The van der Waals surface area contributed by atoms with E-state index in [9.17, 15) is 4.79 Å². The maximum atomic E-state index is 12.7. The van der Waals surface area contributed by atoms with Gasteiger partial charge in [0.25, 0.3) is 5.91 Å². The maximum Gasteiger partial charge on any atom is 0.289 e. The fourth-order valence-electron chi connectivity index (χ4n) is 3.10. The van der Waals surface area contributed by atoms with Crippen LogP contribution in [-0.2, 0) is 0 Å². The van der Waals surface area contributed by atoms with E-state index in [1.807, 2.05) is 36.9 Å². The Hall–Kier alpha value is -1.81. The van der Waals surface area contributed by atoms with Gasteiger partial charge >= 0.3 is 0 Å². The summed E-state index contributed by atoms with van der Waals surface area (Å²) >= 11 is 0. The third kappa shape index (κ3) is 2.81. The van der Waals surface area contributed by atoms with Crippen molar-refractivity contribution in [1.29, 1.82) is 0 Å². The zero-order chi connectivity index (χ0) is 14.8. The van der Waals surface area contributed by atoms with Gasteiger partial charge < -0.3 is 14.6 Å². The van der Waals surface area contributed by atoms with Gasteiger partial charge in [-0.25, -0.2) is 0 Å². The van der Waals surface area contributed by atoms with Gasteiger partial charge in [0, 0.05) is 18.0 Å². The Morgan fingerprint density at radius 3 is 2.81 bits per heavy atom.